The summed E-state index contributed by atoms with van der Waals surface area (Å²) in [6, 6.07) is 13.3. The second-order valence-corrected chi connectivity index (χ2v) is 9.41. The minimum absolute atomic E-state index is 0.0113. The maximum Gasteiger partial charge on any atom is 0.283 e. The highest BCUT2D eigenvalue weighted by molar-refractivity contribution is 9.10. The number of halogens is 1. The molecular weight excluding hydrogens is 504 g/mol. The molecule has 0 spiro atoms. The number of fused-ring (bicyclic) bond motifs is 1. The Bertz CT molecular complexity index is 1170. The average Bonchev–Trinajstić information content (AvgIpc) is 3.19. The van der Waals surface area contributed by atoms with Crippen LogP contribution in [-0.4, -0.2) is 40.2 Å². The SMILES string of the molecule is CCCC1=NN2C(=N)/C(=C/c3cc(Br)ccc3OCCOc3ccc(C)cc3)C(=O)N=C2S1. The van der Waals surface area contributed by atoms with Gasteiger partial charge in [-0.05, 0) is 67.9 Å². The Kier molecular flexibility index (Phi) is 7.29. The molecule has 2 heterocycles. The van der Waals surface area contributed by atoms with Crippen molar-refractivity contribution in [2.45, 2.75) is 26.7 Å². The number of amidine groups is 2. The minimum atomic E-state index is -0.458. The molecule has 170 valence electrons. The Morgan fingerprint density at radius 1 is 1.15 bits per heavy atom. The quantitative estimate of drug-likeness (QED) is 0.355. The van der Waals surface area contributed by atoms with E-state index in [4.69, 9.17) is 14.9 Å². The number of nitrogens with zero attached hydrogens (tertiary/aromatic N) is 3. The van der Waals surface area contributed by atoms with Gasteiger partial charge in [-0.15, -0.1) is 0 Å². The maximum atomic E-state index is 12.7. The van der Waals surface area contributed by atoms with Crippen LogP contribution >= 0.6 is 27.7 Å². The number of aliphatic imine (C=N–C) groups is 1. The van der Waals surface area contributed by atoms with Gasteiger partial charge in [0.1, 0.15) is 29.8 Å². The molecule has 0 unspecified atom stereocenters. The Balaban J connectivity index is 1.49. The van der Waals surface area contributed by atoms with Crippen LogP contribution in [0.25, 0.3) is 6.08 Å². The lowest BCUT2D eigenvalue weighted by atomic mass is 10.1. The van der Waals surface area contributed by atoms with Gasteiger partial charge in [0, 0.05) is 10.0 Å². The van der Waals surface area contributed by atoms with Crippen LogP contribution < -0.4 is 9.47 Å². The molecule has 9 heteroatoms. The van der Waals surface area contributed by atoms with Crippen molar-refractivity contribution in [2.75, 3.05) is 13.2 Å². The minimum Gasteiger partial charge on any atom is -0.490 e. The number of carbonyl (C=O) groups excluding carboxylic acids is 1. The van der Waals surface area contributed by atoms with Crippen molar-refractivity contribution in [2.24, 2.45) is 10.1 Å². The largest absolute Gasteiger partial charge is 0.490 e. The Hall–Kier alpha value is -2.91. The van der Waals surface area contributed by atoms with Gasteiger partial charge in [-0.25, -0.2) is 0 Å². The highest BCUT2D eigenvalue weighted by Crippen LogP contribution is 2.32. The van der Waals surface area contributed by atoms with Crippen LogP contribution in [-0.2, 0) is 4.79 Å². The molecule has 0 saturated heterocycles. The number of carbonyl (C=O) groups is 1. The summed E-state index contributed by atoms with van der Waals surface area (Å²) in [6.45, 7) is 4.78. The summed E-state index contributed by atoms with van der Waals surface area (Å²) in [5.41, 5.74) is 2.00. The lowest BCUT2D eigenvalue weighted by molar-refractivity contribution is -0.114. The third-order valence-corrected chi connectivity index (χ3v) is 6.32. The topological polar surface area (TPSA) is 87.3 Å². The highest BCUT2D eigenvalue weighted by Gasteiger charge is 2.35. The van der Waals surface area contributed by atoms with Crippen LogP contribution in [0.5, 0.6) is 11.5 Å². The molecule has 2 aliphatic rings. The van der Waals surface area contributed by atoms with E-state index in [2.05, 4.69) is 32.9 Å². The first kappa shape index (κ1) is 23.3. The Morgan fingerprint density at radius 2 is 1.91 bits per heavy atom. The van der Waals surface area contributed by atoms with Crippen molar-refractivity contribution in [3.63, 3.8) is 0 Å². The summed E-state index contributed by atoms with van der Waals surface area (Å²) in [5, 5.41) is 15.7. The van der Waals surface area contributed by atoms with Crippen LogP contribution in [0.3, 0.4) is 0 Å². The highest BCUT2D eigenvalue weighted by atomic mass is 79.9. The summed E-state index contributed by atoms with van der Waals surface area (Å²) in [5.74, 6) is 0.917. The van der Waals surface area contributed by atoms with Crippen molar-refractivity contribution in [3.05, 3.63) is 63.6 Å². The van der Waals surface area contributed by atoms with Crippen molar-refractivity contribution in [3.8, 4) is 11.5 Å². The number of rotatable bonds is 8. The molecule has 7 nitrogen and oxygen atoms in total. The Morgan fingerprint density at radius 3 is 2.67 bits per heavy atom. The molecule has 0 saturated carbocycles. The lowest BCUT2D eigenvalue weighted by Crippen LogP contribution is -2.35. The van der Waals surface area contributed by atoms with Crippen LogP contribution in [0.1, 0.15) is 30.9 Å². The molecular formula is C24H23BrN4O3S. The summed E-state index contributed by atoms with van der Waals surface area (Å²) >= 11 is 4.81. The van der Waals surface area contributed by atoms with E-state index in [1.54, 1.807) is 6.08 Å². The fourth-order valence-corrected chi connectivity index (χ4v) is 4.58. The molecule has 2 aliphatic heterocycles. The molecule has 4 rings (SSSR count). The third-order valence-electron chi connectivity index (χ3n) is 4.86. The molecule has 0 radical (unpaired) electrons. The normalized spacial score (nSPS) is 16.6. The maximum absolute atomic E-state index is 12.7. The van der Waals surface area contributed by atoms with Crippen molar-refractivity contribution < 1.29 is 14.3 Å². The number of nitrogens with one attached hydrogen (secondary N) is 1. The molecule has 0 fully saturated rings. The van der Waals surface area contributed by atoms with E-state index in [1.165, 1.54) is 22.3 Å². The number of aryl methyl sites for hydroxylation is 1. The molecule has 1 amide bonds. The number of hydrogen-bond donors (Lipinski definition) is 1. The van der Waals surface area contributed by atoms with Gasteiger partial charge in [0.2, 0.25) is 5.17 Å². The molecule has 2 aromatic rings. The van der Waals surface area contributed by atoms with Gasteiger partial charge >= 0.3 is 0 Å². The van der Waals surface area contributed by atoms with Crippen LogP contribution in [0, 0.1) is 12.3 Å². The van der Waals surface area contributed by atoms with E-state index < -0.39 is 5.91 Å². The van der Waals surface area contributed by atoms with E-state index in [1.807, 2.05) is 49.4 Å². The van der Waals surface area contributed by atoms with Gasteiger partial charge in [-0.2, -0.15) is 15.1 Å². The van der Waals surface area contributed by atoms with Crippen LogP contribution in [0.2, 0.25) is 0 Å². The summed E-state index contributed by atoms with van der Waals surface area (Å²) in [4.78, 5) is 16.8. The number of hydrogen-bond acceptors (Lipinski definition) is 6. The Labute approximate surface area is 205 Å². The molecule has 33 heavy (non-hydrogen) atoms. The predicted octanol–water partition coefficient (Wildman–Crippen LogP) is 5.63. The molecule has 2 aromatic carbocycles. The first-order valence-corrected chi connectivity index (χ1v) is 12.2. The zero-order valence-electron chi connectivity index (χ0n) is 18.3. The molecule has 0 aromatic heterocycles. The first-order chi connectivity index (χ1) is 15.9. The van der Waals surface area contributed by atoms with Crippen molar-refractivity contribution in [1.29, 1.82) is 5.41 Å². The fourth-order valence-electron chi connectivity index (χ4n) is 3.21. The van der Waals surface area contributed by atoms with Crippen molar-refractivity contribution in [1.82, 2.24) is 5.01 Å². The smallest absolute Gasteiger partial charge is 0.283 e. The van der Waals surface area contributed by atoms with Gasteiger partial charge in [0.05, 0.1) is 5.57 Å². The zero-order valence-corrected chi connectivity index (χ0v) is 20.7. The van der Waals surface area contributed by atoms with Gasteiger partial charge in [-0.3, -0.25) is 10.2 Å². The van der Waals surface area contributed by atoms with E-state index in [9.17, 15) is 4.79 Å². The van der Waals surface area contributed by atoms with Gasteiger partial charge in [0.15, 0.2) is 5.84 Å². The van der Waals surface area contributed by atoms with Crippen LogP contribution in [0.15, 0.2) is 62.6 Å². The van der Waals surface area contributed by atoms with E-state index in [0.717, 1.165) is 28.1 Å². The molecule has 0 bridgehead atoms. The summed E-state index contributed by atoms with van der Waals surface area (Å²) in [6.07, 6.45) is 3.35. The number of thioether (sulfide) groups is 1. The van der Waals surface area contributed by atoms with Gasteiger partial charge in [0.25, 0.3) is 5.91 Å². The van der Waals surface area contributed by atoms with E-state index >= 15 is 0 Å². The fraction of sp³-hybridized carbons (Fsp3) is 0.250. The molecule has 1 N–H and O–H groups in total. The summed E-state index contributed by atoms with van der Waals surface area (Å²) in [7, 11) is 0. The van der Waals surface area contributed by atoms with Gasteiger partial charge in [-0.1, -0.05) is 40.5 Å². The third kappa shape index (κ3) is 5.54. The van der Waals surface area contributed by atoms with Crippen LogP contribution in [0.4, 0.5) is 0 Å². The number of amides is 1. The number of ether oxygens (including phenoxy) is 2. The first-order valence-electron chi connectivity index (χ1n) is 10.6. The van der Waals surface area contributed by atoms with E-state index in [-0.39, 0.29) is 11.4 Å². The zero-order chi connectivity index (χ0) is 23.4. The lowest BCUT2D eigenvalue weighted by Gasteiger charge is -2.20. The van der Waals surface area contributed by atoms with E-state index in [0.29, 0.717) is 29.7 Å². The monoisotopic (exact) mass is 526 g/mol. The number of benzene rings is 2. The predicted molar refractivity (Wildman–Crippen MR) is 136 cm³/mol. The number of hydrazone groups is 1. The molecule has 0 aliphatic carbocycles. The van der Waals surface area contributed by atoms with Gasteiger partial charge < -0.3 is 9.47 Å². The second-order valence-electron chi connectivity index (χ2n) is 7.46. The second kappa shape index (κ2) is 10.4. The average molecular weight is 527 g/mol. The standard InChI is InChI=1S/C24H23BrN4O3S/c1-3-4-21-28-29-22(26)19(23(30)27-24(29)33-21)14-16-13-17(25)7-10-20(16)32-12-11-31-18-8-5-15(2)6-9-18/h5-10,13-14,26H,3-4,11-12H2,1-2H3/b19-14-,26-22?. The van der Waals surface area contributed by atoms with Crippen molar-refractivity contribution >= 4 is 55.7 Å². The summed E-state index contributed by atoms with van der Waals surface area (Å²) < 4.78 is 12.5. The molecule has 0 atom stereocenters.